The summed E-state index contributed by atoms with van der Waals surface area (Å²) in [5.41, 5.74) is 7.97. The Hall–Kier alpha value is -4.72. The van der Waals surface area contributed by atoms with Crippen LogP contribution in [0.5, 0.6) is 0 Å². The van der Waals surface area contributed by atoms with Crippen molar-refractivity contribution < 1.29 is 0 Å². The lowest BCUT2D eigenvalue weighted by molar-refractivity contribution is 1.18. The summed E-state index contributed by atoms with van der Waals surface area (Å²) in [6.45, 7) is 0. The van der Waals surface area contributed by atoms with Crippen molar-refractivity contribution in [2.24, 2.45) is 20.0 Å². The van der Waals surface area contributed by atoms with Crippen LogP contribution in [0.2, 0.25) is 0 Å². The lowest BCUT2D eigenvalue weighted by Gasteiger charge is -1.90. The first-order valence-electron chi connectivity index (χ1n) is 11.7. The fourth-order valence-corrected chi connectivity index (χ4v) is 3.76. The summed E-state index contributed by atoms with van der Waals surface area (Å²) in [7, 11) is 0. The van der Waals surface area contributed by atoms with Crippen LogP contribution in [0.3, 0.4) is 0 Å². The summed E-state index contributed by atoms with van der Waals surface area (Å²) in [4.78, 5) is 32.5. The van der Waals surface area contributed by atoms with E-state index in [4.69, 9.17) is 0 Å². The average molecular weight is 473 g/mol. The number of hydrogen-bond donors (Lipinski definition) is 0. The van der Waals surface area contributed by atoms with E-state index in [2.05, 4.69) is 46.0 Å². The van der Waals surface area contributed by atoms with Gasteiger partial charge in [0, 0.05) is 92.7 Å². The number of aliphatic imine (C=N–C) groups is 4. The second kappa shape index (κ2) is 11.6. The van der Waals surface area contributed by atoms with Gasteiger partial charge in [-0.15, -0.1) is 0 Å². The minimum Gasteiger partial charge on any atom is -0.264 e. The molecule has 0 unspecified atom stereocenters. The monoisotopic (exact) mass is 472 g/mol. The van der Waals surface area contributed by atoms with Crippen LogP contribution < -0.4 is 0 Å². The van der Waals surface area contributed by atoms with Crippen LogP contribution in [-0.2, 0) is 25.7 Å². The van der Waals surface area contributed by atoms with Crippen molar-refractivity contribution in [3.05, 3.63) is 96.0 Å². The van der Waals surface area contributed by atoms with Gasteiger partial charge in [-0.2, -0.15) is 0 Å². The van der Waals surface area contributed by atoms with E-state index in [-0.39, 0.29) is 0 Å². The highest BCUT2D eigenvalue weighted by Gasteiger charge is 2.05. The van der Waals surface area contributed by atoms with E-state index in [0.717, 1.165) is 54.3 Å². The predicted octanol–water partition coefficient (Wildman–Crippen LogP) is 5.36. The van der Waals surface area contributed by atoms with Gasteiger partial charge in [-0.3, -0.25) is 29.9 Å². The van der Waals surface area contributed by atoms with Crippen LogP contribution in [-0.4, -0.2) is 44.8 Å². The Labute approximate surface area is 209 Å². The van der Waals surface area contributed by atoms with E-state index >= 15 is 0 Å². The van der Waals surface area contributed by atoms with E-state index in [1.54, 1.807) is 31.0 Å². The lowest BCUT2D eigenvalue weighted by Crippen LogP contribution is -1.81. The second-order valence-electron chi connectivity index (χ2n) is 8.03. The standard InChI is InChI=1S/4C7H6N2/c1-4-9-7-2-3-8-5-6(1)7;1-3-8-5-7-6(1)2-4-9-7;1-2-6-7(8-4-1)3-5-9-6;1-2-6-3-5-9-7(6)8-4-1/h2-5H,1H2;1,3-5H,2H2;2*1-2,4-5H,3H2. The molecule has 4 aromatic heterocycles. The Morgan fingerprint density at radius 3 is 2.03 bits per heavy atom. The minimum atomic E-state index is 0.887. The molecule has 36 heavy (non-hydrogen) atoms. The van der Waals surface area contributed by atoms with E-state index in [1.165, 1.54) is 16.7 Å². The molecule has 0 fully saturated rings. The summed E-state index contributed by atoms with van der Waals surface area (Å²) in [6.07, 6.45) is 22.1. The van der Waals surface area contributed by atoms with Crippen molar-refractivity contribution >= 4 is 47.7 Å². The Bertz CT molecular complexity index is 1230. The van der Waals surface area contributed by atoms with Crippen molar-refractivity contribution in [1.29, 1.82) is 0 Å². The van der Waals surface area contributed by atoms with Gasteiger partial charge in [0.15, 0.2) is 5.82 Å². The highest BCUT2D eigenvalue weighted by molar-refractivity contribution is 5.76. The summed E-state index contributed by atoms with van der Waals surface area (Å²) >= 11 is 0. The third-order valence-corrected chi connectivity index (χ3v) is 5.62. The van der Waals surface area contributed by atoms with Crippen molar-refractivity contribution in [3.63, 3.8) is 0 Å². The van der Waals surface area contributed by atoms with E-state index in [1.807, 2.05) is 61.4 Å². The van der Waals surface area contributed by atoms with E-state index in [0.29, 0.717) is 0 Å². The molecule has 0 bridgehead atoms. The van der Waals surface area contributed by atoms with Gasteiger partial charge < -0.3 is 0 Å². The number of aromatic nitrogens is 4. The maximum absolute atomic E-state index is 4.13. The van der Waals surface area contributed by atoms with E-state index in [9.17, 15) is 0 Å². The molecule has 0 atom stereocenters. The number of nitrogens with zero attached hydrogens (tertiary/aromatic N) is 8. The van der Waals surface area contributed by atoms with Gasteiger partial charge in [0.25, 0.3) is 0 Å². The largest absolute Gasteiger partial charge is 0.264 e. The molecule has 0 spiro atoms. The first kappa shape index (κ1) is 23.0. The Morgan fingerprint density at radius 1 is 0.472 bits per heavy atom. The topological polar surface area (TPSA) is 101 Å². The van der Waals surface area contributed by atoms with Gasteiger partial charge in [0.1, 0.15) is 0 Å². The summed E-state index contributed by atoms with van der Waals surface area (Å²) in [6, 6.07) is 11.8. The summed E-state index contributed by atoms with van der Waals surface area (Å²) < 4.78 is 0. The predicted molar refractivity (Wildman–Crippen MR) is 144 cm³/mol. The molecular formula is C28H24N8. The Kier molecular flexibility index (Phi) is 7.43. The molecule has 8 rings (SSSR count). The molecule has 0 radical (unpaired) electrons. The van der Waals surface area contributed by atoms with Gasteiger partial charge >= 0.3 is 0 Å². The molecule has 8 heteroatoms. The first-order chi connectivity index (χ1) is 17.9. The molecule has 8 heterocycles. The van der Waals surface area contributed by atoms with Crippen molar-refractivity contribution in [2.45, 2.75) is 25.7 Å². The van der Waals surface area contributed by atoms with Crippen molar-refractivity contribution in [2.75, 3.05) is 0 Å². The average Bonchev–Trinajstić information content (AvgIpc) is 3.76. The number of hydrogen-bond acceptors (Lipinski definition) is 8. The maximum atomic E-state index is 4.13. The van der Waals surface area contributed by atoms with E-state index < -0.39 is 0 Å². The molecule has 4 aliphatic heterocycles. The van der Waals surface area contributed by atoms with Gasteiger partial charge in [-0.25, -0.2) is 9.98 Å². The van der Waals surface area contributed by atoms with Crippen LogP contribution in [0.1, 0.15) is 22.4 Å². The zero-order valence-corrected chi connectivity index (χ0v) is 19.6. The molecule has 176 valence electrons. The molecule has 4 aliphatic rings. The van der Waals surface area contributed by atoms with Gasteiger partial charge in [-0.05, 0) is 35.9 Å². The Morgan fingerprint density at radius 2 is 1.17 bits per heavy atom. The summed E-state index contributed by atoms with van der Waals surface area (Å²) in [5.74, 6) is 0.887. The SMILES string of the molecule is C1=Nc2cccnc2C1.C1=Nc2ccncc2C1.C1=Nc2cnccc2C1.C1=Nc2ncccc2C1. The van der Waals surface area contributed by atoms with Gasteiger partial charge in [-0.1, -0.05) is 6.07 Å². The molecule has 0 saturated carbocycles. The highest BCUT2D eigenvalue weighted by atomic mass is 14.9. The van der Waals surface area contributed by atoms with Crippen LogP contribution in [0.15, 0.2) is 93.5 Å². The van der Waals surface area contributed by atoms with Crippen molar-refractivity contribution in [3.8, 4) is 0 Å². The molecule has 0 aliphatic carbocycles. The highest BCUT2D eigenvalue weighted by Crippen LogP contribution is 2.22. The number of rotatable bonds is 0. The fourth-order valence-electron chi connectivity index (χ4n) is 3.76. The molecule has 0 amide bonds. The third-order valence-electron chi connectivity index (χ3n) is 5.62. The van der Waals surface area contributed by atoms with Gasteiger partial charge in [0.05, 0.1) is 29.0 Å². The molecule has 0 aromatic carbocycles. The fraction of sp³-hybridized carbons (Fsp3) is 0.143. The lowest BCUT2D eigenvalue weighted by atomic mass is 10.2. The summed E-state index contributed by atoms with van der Waals surface area (Å²) in [5, 5.41) is 0. The first-order valence-corrected chi connectivity index (χ1v) is 11.7. The van der Waals surface area contributed by atoms with Crippen LogP contribution >= 0.6 is 0 Å². The number of pyridine rings is 4. The minimum absolute atomic E-state index is 0.887. The second-order valence-corrected chi connectivity index (χ2v) is 8.03. The van der Waals surface area contributed by atoms with Gasteiger partial charge in [0.2, 0.25) is 0 Å². The molecule has 0 saturated heterocycles. The zero-order valence-electron chi connectivity index (χ0n) is 19.6. The quantitative estimate of drug-likeness (QED) is 0.344. The Balaban J connectivity index is 0.0000000988. The van der Waals surface area contributed by atoms with Crippen LogP contribution in [0, 0.1) is 0 Å². The maximum Gasteiger partial charge on any atom is 0.155 e. The molecule has 8 nitrogen and oxygen atoms in total. The van der Waals surface area contributed by atoms with Crippen LogP contribution in [0.25, 0.3) is 0 Å². The number of fused-ring (bicyclic) bond motifs is 4. The molecular weight excluding hydrogens is 448 g/mol. The molecule has 0 N–H and O–H groups in total. The molecule has 4 aromatic rings. The third kappa shape index (κ3) is 5.85. The zero-order chi connectivity index (χ0) is 24.4. The van der Waals surface area contributed by atoms with Crippen molar-refractivity contribution in [1.82, 2.24) is 19.9 Å². The normalized spacial score (nSPS) is 13.8. The van der Waals surface area contributed by atoms with Crippen LogP contribution in [0.4, 0.5) is 22.9 Å². The smallest absolute Gasteiger partial charge is 0.155 e.